The zero-order valence-electron chi connectivity index (χ0n) is 14.4. The lowest BCUT2D eigenvalue weighted by Crippen LogP contribution is -2.27. The summed E-state index contributed by atoms with van der Waals surface area (Å²) in [6.07, 6.45) is 0. The van der Waals surface area contributed by atoms with Crippen molar-refractivity contribution in [1.29, 1.82) is 0 Å². The number of ether oxygens (including phenoxy) is 1. The first-order valence-corrected chi connectivity index (χ1v) is 10.3. The summed E-state index contributed by atoms with van der Waals surface area (Å²) in [5.41, 5.74) is 0.716. The summed E-state index contributed by atoms with van der Waals surface area (Å²) >= 11 is 9.15. The van der Waals surface area contributed by atoms with Crippen molar-refractivity contribution in [2.45, 2.75) is 11.4 Å². The molecule has 0 aliphatic rings. The third-order valence-corrected chi connectivity index (χ3v) is 6.31. The topological polar surface area (TPSA) is 85.5 Å². The molecule has 0 radical (unpaired) electrons. The molecule has 1 heterocycles. The molecule has 0 saturated carbocycles. The van der Waals surface area contributed by atoms with Crippen LogP contribution in [0.25, 0.3) is 11.4 Å². The highest BCUT2D eigenvalue weighted by Crippen LogP contribution is 2.30. The molecule has 0 aliphatic heterocycles. The molecular formula is C17H15BrClN3O4S. The van der Waals surface area contributed by atoms with E-state index in [2.05, 4.69) is 26.1 Å². The van der Waals surface area contributed by atoms with Gasteiger partial charge >= 0.3 is 0 Å². The summed E-state index contributed by atoms with van der Waals surface area (Å²) in [6, 6.07) is 11.7. The number of sulfonamides is 1. The second-order valence-corrected chi connectivity index (χ2v) is 8.94. The smallest absolute Gasteiger partial charge is 0.247 e. The highest BCUT2D eigenvalue weighted by molar-refractivity contribution is 9.10. The number of nitrogens with zero attached hydrogens (tertiary/aromatic N) is 3. The Balaban J connectivity index is 1.84. The number of hydrogen-bond donors (Lipinski definition) is 0. The van der Waals surface area contributed by atoms with Gasteiger partial charge in [0.2, 0.25) is 21.7 Å². The number of aromatic nitrogens is 2. The molecule has 0 saturated heterocycles. The third-order valence-electron chi connectivity index (χ3n) is 3.74. The van der Waals surface area contributed by atoms with Crippen LogP contribution in [0.5, 0.6) is 5.75 Å². The Labute approximate surface area is 170 Å². The summed E-state index contributed by atoms with van der Waals surface area (Å²) in [5, 5.41) is 4.48. The maximum atomic E-state index is 12.9. The monoisotopic (exact) mass is 471 g/mol. The van der Waals surface area contributed by atoms with Gasteiger partial charge in [-0.2, -0.15) is 9.29 Å². The van der Waals surface area contributed by atoms with E-state index in [1.54, 1.807) is 36.4 Å². The molecular weight excluding hydrogens is 458 g/mol. The van der Waals surface area contributed by atoms with E-state index in [0.717, 1.165) is 4.31 Å². The molecule has 0 amide bonds. The zero-order chi connectivity index (χ0) is 19.6. The van der Waals surface area contributed by atoms with Crippen LogP contribution in [0.15, 0.2) is 56.4 Å². The zero-order valence-corrected chi connectivity index (χ0v) is 17.5. The molecule has 3 aromatic rings. The first kappa shape index (κ1) is 19.8. The molecule has 10 heteroatoms. The first-order chi connectivity index (χ1) is 12.8. The van der Waals surface area contributed by atoms with E-state index in [1.165, 1.54) is 20.2 Å². The molecule has 0 aliphatic carbocycles. The van der Waals surface area contributed by atoms with E-state index in [9.17, 15) is 8.42 Å². The minimum Gasteiger partial charge on any atom is -0.495 e. The maximum Gasteiger partial charge on any atom is 0.247 e. The predicted molar refractivity (Wildman–Crippen MR) is 104 cm³/mol. The van der Waals surface area contributed by atoms with Crippen molar-refractivity contribution < 1.29 is 17.7 Å². The summed E-state index contributed by atoms with van der Waals surface area (Å²) in [6.45, 7) is -0.0847. The Hall–Kier alpha value is -1.94. The predicted octanol–water partition coefficient (Wildman–Crippen LogP) is 3.98. The fourth-order valence-electron chi connectivity index (χ4n) is 2.33. The molecule has 0 spiro atoms. The number of rotatable bonds is 6. The van der Waals surface area contributed by atoms with Crippen LogP contribution in [0.1, 0.15) is 5.89 Å². The molecule has 1 aromatic heterocycles. The number of benzene rings is 2. The molecule has 142 valence electrons. The first-order valence-electron chi connectivity index (χ1n) is 7.69. The van der Waals surface area contributed by atoms with Gasteiger partial charge in [-0.05, 0) is 42.5 Å². The van der Waals surface area contributed by atoms with Crippen molar-refractivity contribution in [3.05, 3.63) is 57.9 Å². The number of halogens is 2. The maximum absolute atomic E-state index is 12.9. The largest absolute Gasteiger partial charge is 0.495 e. The van der Waals surface area contributed by atoms with Gasteiger partial charge in [0.25, 0.3) is 0 Å². The van der Waals surface area contributed by atoms with E-state index in [1.807, 2.05) is 0 Å². The highest BCUT2D eigenvalue weighted by Gasteiger charge is 2.27. The lowest BCUT2D eigenvalue weighted by molar-refractivity contribution is 0.335. The van der Waals surface area contributed by atoms with Crippen LogP contribution in [0.4, 0.5) is 0 Å². The van der Waals surface area contributed by atoms with Gasteiger partial charge in [-0.25, -0.2) is 8.42 Å². The highest BCUT2D eigenvalue weighted by atomic mass is 79.9. The van der Waals surface area contributed by atoms with E-state index in [4.69, 9.17) is 20.9 Å². The lowest BCUT2D eigenvalue weighted by Gasteiger charge is -2.17. The van der Waals surface area contributed by atoms with Crippen molar-refractivity contribution in [2.75, 3.05) is 14.2 Å². The van der Waals surface area contributed by atoms with Gasteiger partial charge in [0.15, 0.2) is 0 Å². The van der Waals surface area contributed by atoms with E-state index in [0.29, 0.717) is 20.9 Å². The fraction of sp³-hybridized carbons (Fsp3) is 0.176. The molecule has 2 aromatic carbocycles. The van der Waals surface area contributed by atoms with Gasteiger partial charge in [-0.1, -0.05) is 32.7 Å². The van der Waals surface area contributed by atoms with Gasteiger partial charge < -0.3 is 9.26 Å². The van der Waals surface area contributed by atoms with Crippen LogP contribution in [-0.4, -0.2) is 37.0 Å². The van der Waals surface area contributed by atoms with Crippen molar-refractivity contribution in [2.24, 2.45) is 0 Å². The van der Waals surface area contributed by atoms with Crippen molar-refractivity contribution in [3.63, 3.8) is 0 Å². The van der Waals surface area contributed by atoms with Gasteiger partial charge in [0.05, 0.1) is 13.7 Å². The Morgan fingerprint density at radius 1 is 1.22 bits per heavy atom. The molecule has 0 fully saturated rings. The van der Waals surface area contributed by atoms with Crippen LogP contribution >= 0.6 is 27.5 Å². The summed E-state index contributed by atoms with van der Waals surface area (Å²) in [5.74, 6) is 0.768. The number of methoxy groups -OCH3 is 1. The van der Waals surface area contributed by atoms with Crippen LogP contribution in [0, 0.1) is 0 Å². The summed E-state index contributed by atoms with van der Waals surface area (Å²) in [7, 11) is -0.983. The minimum atomic E-state index is -3.83. The average Bonchev–Trinajstić information content (AvgIpc) is 3.10. The summed E-state index contributed by atoms with van der Waals surface area (Å²) < 4.78 is 37.9. The Morgan fingerprint density at radius 2 is 1.93 bits per heavy atom. The van der Waals surface area contributed by atoms with Crippen LogP contribution < -0.4 is 4.74 Å². The van der Waals surface area contributed by atoms with E-state index < -0.39 is 10.0 Å². The van der Waals surface area contributed by atoms with Crippen LogP contribution in [0.2, 0.25) is 5.02 Å². The Kier molecular flexibility index (Phi) is 5.85. The lowest BCUT2D eigenvalue weighted by atomic mass is 10.2. The van der Waals surface area contributed by atoms with E-state index >= 15 is 0 Å². The van der Waals surface area contributed by atoms with Crippen LogP contribution in [-0.2, 0) is 16.6 Å². The van der Waals surface area contributed by atoms with E-state index in [-0.39, 0.29) is 23.1 Å². The Bertz CT molecular complexity index is 1050. The van der Waals surface area contributed by atoms with Gasteiger partial charge in [-0.15, -0.1) is 0 Å². The average molecular weight is 473 g/mol. The minimum absolute atomic E-state index is 0.0410. The second kappa shape index (κ2) is 7.97. The van der Waals surface area contributed by atoms with Gasteiger partial charge in [0, 0.05) is 22.1 Å². The number of hydrogen-bond acceptors (Lipinski definition) is 6. The molecule has 0 atom stereocenters. The van der Waals surface area contributed by atoms with Crippen molar-refractivity contribution >= 4 is 37.6 Å². The Morgan fingerprint density at radius 3 is 2.59 bits per heavy atom. The van der Waals surface area contributed by atoms with Crippen molar-refractivity contribution in [3.8, 4) is 17.1 Å². The van der Waals surface area contributed by atoms with Crippen molar-refractivity contribution in [1.82, 2.24) is 14.4 Å². The second-order valence-electron chi connectivity index (χ2n) is 5.57. The molecule has 7 nitrogen and oxygen atoms in total. The molecule has 0 N–H and O–H groups in total. The fourth-order valence-corrected chi connectivity index (χ4v) is 4.27. The molecule has 0 unspecified atom stereocenters. The standard InChI is InChI=1S/C17H15BrClN3O4S/c1-22(27(23,24)15-9-12(18)5-8-14(15)25-2)10-16-20-17(21-26-16)11-3-6-13(19)7-4-11/h3-9H,10H2,1-2H3. The molecule has 27 heavy (non-hydrogen) atoms. The molecule has 0 bridgehead atoms. The van der Waals surface area contributed by atoms with Gasteiger partial charge in [-0.3, -0.25) is 0 Å². The summed E-state index contributed by atoms with van der Waals surface area (Å²) in [4.78, 5) is 4.29. The third kappa shape index (κ3) is 4.32. The normalized spacial score (nSPS) is 11.7. The van der Waals surface area contributed by atoms with Gasteiger partial charge in [0.1, 0.15) is 10.6 Å². The SMILES string of the molecule is COc1ccc(Br)cc1S(=O)(=O)N(C)Cc1nc(-c2ccc(Cl)cc2)no1. The molecule has 3 rings (SSSR count). The quantitative estimate of drug-likeness (QED) is 0.539. The van der Waals surface area contributed by atoms with Crippen LogP contribution in [0.3, 0.4) is 0 Å².